The highest BCUT2D eigenvalue weighted by Crippen LogP contribution is 2.74. The molecule has 0 aromatic rings. The molecule has 0 saturated heterocycles. The van der Waals surface area contributed by atoms with Gasteiger partial charge in [-0.2, -0.15) is 0 Å². The smallest absolute Gasteiger partial charge is 0.303 e. The summed E-state index contributed by atoms with van der Waals surface area (Å²) < 4.78 is 5.23. The highest BCUT2D eigenvalue weighted by molar-refractivity contribution is 5.98. The lowest BCUT2D eigenvalue weighted by Gasteiger charge is -2.64. The van der Waals surface area contributed by atoms with E-state index in [1.54, 1.807) is 13.8 Å². The topological polar surface area (TPSA) is 138 Å². The number of allylic oxidation sites excluding steroid dienone is 2. The summed E-state index contributed by atoms with van der Waals surface area (Å²) in [6, 6.07) is 0. The zero-order chi connectivity index (χ0) is 30.4. The molecule has 0 aromatic carbocycles. The lowest BCUT2D eigenvalue weighted by atomic mass is 9.38. The molecule has 9 atom stereocenters. The van der Waals surface area contributed by atoms with Gasteiger partial charge < -0.3 is 20.1 Å². The minimum Gasteiger partial charge on any atom is -0.456 e. The van der Waals surface area contributed by atoms with E-state index in [9.17, 15) is 34.5 Å². The van der Waals surface area contributed by atoms with Crippen molar-refractivity contribution in [1.82, 2.24) is 0 Å². The SMILES string of the molecule is CC(=O)OC(C)(C)/C=C/C(=O)C(C)(O)C1[C@H](O)C[C@@]2(C)C3CC=C4C(C[C@H](O)C(=O)C4(C)C)[C@]3(C)C(=O)C[C@]12C. The number of hydrogen-bond acceptors (Lipinski definition) is 8. The van der Waals surface area contributed by atoms with Crippen molar-refractivity contribution in [2.75, 3.05) is 0 Å². The van der Waals surface area contributed by atoms with Crippen molar-refractivity contribution in [2.24, 2.45) is 39.4 Å². The Morgan fingerprint density at radius 3 is 2.23 bits per heavy atom. The number of esters is 1. The van der Waals surface area contributed by atoms with Crippen molar-refractivity contribution in [3.8, 4) is 0 Å². The Kier molecular flexibility index (Phi) is 7.06. The van der Waals surface area contributed by atoms with E-state index >= 15 is 0 Å². The van der Waals surface area contributed by atoms with Crippen LogP contribution in [0.1, 0.15) is 88.0 Å². The largest absolute Gasteiger partial charge is 0.456 e. The van der Waals surface area contributed by atoms with Gasteiger partial charge in [0, 0.05) is 30.1 Å². The molecule has 0 spiro atoms. The molecule has 4 aliphatic carbocycles. The van der Waals surface area contributed by atoms with Gasteiger partial charge in [0.25, 0.3) is 0 Å². The summed E-state index contributed by atoms with van der Waals surface area (Å²) in [6.07, 6.45) is 3.55. The van der Waals surface area contributed by atoms with Gasteiger partial charge in [0.2, 0.25) is 0 Å². The van der Waals surface area contributed by atoms with E-state index in [2.05, 4.69) is 13.0 Å². The molecule has 0 radical (unpaired) electrons. The zero-order valence-corrected chi connectivity index (χ0v) is 25.3. The van der Waals surface area contributed by atoms with Gasteiger partial charge in [0.05, 0.1) is 6.10 Å². The summed E-state index contributed by atoms with van der Waals surface area (Å²) in [5.41, 5.74) is -5.43. The summed E-state index contributed by atoms with van der Waals surface area (Å²) in [4.78, 5) is 52.1. The van der Waals surface area contributed by atoms with Crippen LogP contribution in [0.5, 0.6) is 0 Å². The van der Waals surface area contributed by atoms with Crippen molar-refractivity contribution < 1.29 is 39.2 Å². The number of Topliss-reactive ketones (excluding diaryl/α,β-unsaturated/α-hetero) is 2. The van der Waals surface area contributed by atoms with Crippen LogP contribution < -0.4 is 0 Å². The van der Waals surface area contributed by atoms with E-state index in [0.717, 1.165) is 5.57 Å². The first kappa shape index (κ1) is 30.8. The Hall–Kier alpha value is -2.16. The fourth-order valence-corrected chi connectivity index (χ4v) is 9.40. The van der Waals surface area contributed by atoms with Crippen LogP contribution in [0.4, 0.5) is 0 Å². The molecule has 4 rings (SSSR count). The number of ether oxygens (including phenoxy) is 1. The van der Waals surface area contributed by atoms with Crippen LogP contribution in [0, 0.1) is 39.4 Å². The van der Waals surface area contributed by atoms with Crippen LogP contribution in [0.3, 0.4) is 0 Å². The molecule has 0 aromatic heterocycles. The van der Waals surface area contributed by atoms with Crippen LogP contribution in [-0.2, 0) is 23.9 Å². The number of aliphatic hydroxyl groups is 3. The minimum absolute atomic E-state index is 0.0284. The summed E-state index contributed by atoms with van der Waals surface area (Å²) in [7, 11) is 0. The standard InChI is InChI=1S/C32H46O8/c1-17(33)40-27(2,3)13-12-23(36)32(9,39)25-21(35)15-29(6)22-11-10-18-19(14-20(34)26(38)28(18,4)5)31(22,8)24(37)16-30(25,29)7/h10,12-13,19-22,25,34-35,39H,11,14-16H2,1-9H3/b13-12+/t19?,20-,21+,22?,25?,29-,30+,31-,32?/m0/s1. The number of carbonyl (C=O) groups is 4. The van der Waals surface area contributed by atoms with E-state index in [0.29, 0.717) is 12.8 Å². The third-order valence-corrected chi connectivity index (χ3v) is 11.5. The normalized spacial score (nSPS) is 42.4. The van der Waals surface area contributed by atoms with Gasteiger partial charge in [-0.15, -0.1) is 0 Å². The summed E-state index contributed by atoms with van der Waals surface area (Å²) >= 11 is 0. The summed E-state index contributed by atoms with van der Waals surface area (Å²) in [5, 5.41) is 34.0. The Morgan fingerprint density at radius 1 is 1.05 bits per heavy atom. The van der Waals surface area contributed by atoms with Gasteiger partial charge in [-0.05, 0) is 88.7 Å². The first-order chi connectivity index (χ1) is 18.1. The molecular weight excluding hydrogens is 512 g/mol. The van der Waals surface area contributed by atoms with Crippen LogP contribution in [0.2, 0.25) is 0 Å². The number of rotatable bonds is 5. The maximum absolute atomic E-state index is 14.3. The van der Waals surface area contributed by atoms with Crippen LogP contribution in [0.15, 0.2) is 23.8 Å². The molecule has 4 aliphatic rings. The van der Waals surface area contributed by atoms with E-state index < -0.39 is 62.7 Å². The van der Waals surface area contributed by atoms with Gasteiger partial charge in [0.1, 0.15) is 23.1 Å². The van der Waals surface area contributed by atoms with Crippen LogP contribution in [0.25, 0.3) is 0 Å². The molecule has 0 heterocycles. The number of fused-ring (bicyclic) bond motifs is 5. The number of hydrogen-bond donors (Lipinski definition) is 3. The highest BCUT2D eigenvalue weighted by Gasteiger charge is 2.74. The fourth-order valence-electron chi connectivity index (χ4n) is 9.40. The molecule has 0 amide bonds. The Morgan fingerprint density at radius 2 is 1.65 bits per heavy atom. The van der Waals surface area contributed by atoms with Crippen LogP contribution >= 0.6 is 0 Å². The third-order valence-electron chi connectivity index (χ3n) is 11.5. The Balaban J connectivity index is 1.75. The molecule has 40 heavy (non-hydrogen) atoms. The quantitative estimate of drug-likeness (QED) is 0.265. The predicted molar refractivity (Wildman–Crippen MR) is 148 cm³/mol. The Bertz CT molecular complexity index is 1210. The third kappa shape index (κ3) is 4.11. The number of aliphatic hydroxyl groups excluding tert-OH is 2. The molecule has 0 bridgehead atoms. The van der Waals surface area contributed by atoms with Gasteiger partial charge in [-0.3, -0.25) is 19.2 Å². The molecule has 3 N–H and O–H groups in total. The maximum atomic E-state index is 14.3. The first-order valence-electron chi connectivity index (χ1n) is 14.4. The van der Waals surface area contributed by atoms with Gasteiger partial charge in [-0.1, -0.05) is 32.4 Å². The summed E-state index contributed by atoms with van der Waals surface area (Å²) in [6.45, 7) is 15.4. The van der Waals surface area contributed by atoms with E-state index in [-0.39, 0.29) is 36.2 Å². The van der Waals surface area contributed by atoms with Crippen molar-refractivity contribution in [2.45, 2.75) is 111 Å². The van der Waals surface area contributed by atoms with Crippen molar-refractivity contribution >= 4 is 23.3 Å². The maximum Gasteiger partial charge on any atom is 0.303 e. The average Bonchev–Trinajstić information content (AvgIpc) is 3.01. The lowest BCUT2D eigenvalue weighted by Crippen LogP contribution is -2.65. The molecule has 8 heteroatoms. The zero-order valence-electron chi connectivity index (χ0n) is 25.3. The molecule has 3 saturated carbocycles. The minimum atomic E-state index is -1.99. The monoisotopic (exact) mass is 558 g/mol. The second kappa shape index (κ2) is 9.17. The second-order valence-electron chi connectivity index (χ2n) is 14.8. The van der Waals surface area contributed by atoms with E-state index in [1.807, 2.05) is 27.7 Å². The molecule has 0 aliphatic heterocycles. The number of carbonyl (C=O) groups excluding carboxylic acids is 4. The van der Waals surface area contributed by atoms with Gasteiger partial charge >= 0.3 is 5.97 Å². The fraction of sp³-hybridized carbons (Fsp3) is 0.750. The van der Waals surface area contributed by atoms with Gasteiger partial charge in [0.15, 0.2) is 11.6 Å². The lowest BCUT2D eigenvalue weighted by molar-refractivity contribution is -0.183. The molecular formula is C32H46O8. The molecule has 8 nitrogen and oxygen atoms in total. The van der Waals surface area contributed by atoms with E-state index in [4.69, 9.17) is 4.74 Å². The second-order valence-corrected chi connectivity index (χ2v) is 14.8. The van der Waals surface area contributed by atoms with Crippen LogP contribution in [-0.4, -0.2) is 62.0 Å². The first-order valence-corrected chi connectivity index (χ1v) is 14.4. The molecule has 4 unspecified atom stereocenters. The highest BCUT2D eigenvalue weighted by atomic mass is 16.6. The number of ketones is 3. The van der Waals surface area contributed by atoms with Crippen molar-refractivity contribution in [3.05, 3.63) is 23.8 Å². The predicted octanol–water partition coefficient (Wildman–Crippen LogP) is 3.50. The van der Waals surface area contributed by atoms with Gasteiger partial charge in [-0.25, -0.2) is 0 Å². The van der Waals surface area contributed by atoms with E-state index in [1.165, 1.54) is 26.0 Å². The molecule has 3 fully saturated rings. The summed E-state index contributed by atoms with van der Waals surface area (Å²) in [5.74, 6) is -2.85. The van der Waals surface area contributed by atoms with Crippen molar-refractivity contribution in [1.29, 1.82) is 0 Å². The Labute approximate surface area is 237 Å². The molecule has 222 valence electrons. The average molecular weight is 559 g/mol. The van der Waals surface area contributed by atoms with Crippen molar-refractivity contribution in [3.63, 3.8) is 0 Å².